The highest BCUT2D eigenvalue weighted by Crippen LogP contribution is 2.30. The third kappa shape index (κ3) is 3.61. The Labute approximate surface area is 137 Å². The number of rotatable bonds is 2. The van der Waals surface area contributed by atoms with Gasteiger partial charge in [0, 0.05) is 14.5 Å². The molecule has 0 spiro atoms. The molecule has 1 heterocycles. The maximum Gasteiger partial charge on any atom is 0.227 e. The minimum absolute atomic E-state index is 0.180. The fraction of sp³-hybridized carbons (Fsp3) is 0.333. The molecule has 3 nitrogen and oxygen atoms in total. The van der Waals surface area contributed by atoms with Gasteiger partial charge in [0.25, 0.3) is 0 Å². The fourth-order valence-electron chi connectivity index (χ4n) is 1.55. The van der Waals surface area contributed by atoms with E-state index < -0.39 is 0 Å². The molecule has 0 saturated heterocycles. The summed E-state index contributed by atoms with van der Waals surface area (Å²) in [5, 5.41) is 0.436. The third-order valence-corrected chi connectivity index (χ3v) is 3.76. The van der Waals surface area contributed by atoms with Crippen LogP contribution in [0.25, 0.3) is 0 Å². The van der Waals surface area contributed by atoms with Gasteiger partial charge in [-0.1, -0.05) is 38.4 Å². The molecule has 0 radical (unpaired) electrons. The Balaban J connectivity index is 2.43. The Morgan fingerprint density at radius 3 is 2.50 bits per heavy atom. The van der Waals surface area contributed by atoms with E-state index in [0.29, 0.717) is 16.9 Å². The van der Waals surface area contributed by atoms with Crippen molar-refractivity contribution >= 4 is 34.2 Å². The van der Waals surface area contributed by atoms with Crippen molar-refractivity contribution in [2.24, 2.45) is 0 Å². The van der Waals surface area contributed by atoms with Crippen molar-refractivity contribution in [2.75, 3.05) is 0 Å². The van der Waals surface area contributed by atoms with E-state index in [-0.39, 0.29) is 5.41 Å². The quantitative estimate of drug-likeness (QED) is 0.516. The van der Waals surface area contributed by atoms with E-state index in [9.17, 15) is 0 Å². The van der Waals surface area contributed by atoms with Crippen molar-refractivity contribution in [3.05, 3.63) is 44.4 Å². The molecule has 1 aromatic carbocycles. The monoisotopic (exact) mass is 402 g/mol. The first kappa shape index (κ1) is 15.5. The van der Waals surface area contributed by atoms with Gasteiger partial charge in [-0.05, 0) is 47.7 Å². The van der Waals surface area contributed by atoms with Crippen LogP contribution in [0.4, 0.5) is 0 Å². The summed E-state index contributed by atoms with van der Waals surface area (Å²) >= 11 is 8.43. The molecule has 0 aliphatic rings. The standard InChI is InChI=1S/C15H16ClIN2O/c1-9-12(16)18-14(15(2,3)4)19-13(9)20-11-7-5-6-10(17)8-11/h5-8H,1-4H3. The van der Waals surface area contributed by atoms with Crippen molar-refractivity contribution in [2.45, 2.75) is 33.1 Å². The van der Waals surface area contributed by atoms with Gasteiger partial charge in [0.05, 0.1) is 0 Å². The molecule has 0 atom stereocenters. The normalized spacial score (nSPS) is 11.5. The minimum Gasteiger partial charge on any atom is -0.439 e. The number of nitrogens with zero attached hydrogens (tertiary/aromatic N) is 2. The lowest BCUT2D eigenvalue weighted by Gasteiger charge is -2.19. The van der Waals surface area contributed by atoms with Gasteiger partial charge < -0.3 is 4.74 Å². The van der Waals surface area contributed by atoms with Crippen LogP contribution in [0.5, 0.6) is 11.6 Å². The summed E-state index contributed by atoms with van der Waals surface area (Å²) in [6.45, 7) is 7.99. The summed E-state index contributed by atoms with van der Waals surface area (Å²) in [6.07, 6.45) is 0. The number of hydrogen-bond donors (Lipinski definition) is 0. The summed E-state index contributed by atoms with van der Waals surface area (Å²) in [5.74, 6) is 1.93. The lowest BCUT2D eigenvalue weighted by Crippen LogP contribution is -2.17. The first-order valence-corrected chi connectivity index (χ1v) is 7.71. The first-order valence-electron chi connectivity index (χ1n) is 6.25. The highest BCUT2D eigenvalue weighted by Gasteiger charge is 2.21. The van der Waals surface area contributed by atoms with Crippen molar-refractivity contribution in [3.63, 3.8) is 0 Å². The Bertz CT molecular complexity index is 638. The van der Waals surface area contributed by atoms with Crippen LogP contribution >= 0.6 is 34.2 Å². The van der Waals surface area contributed by atoms with E-state index in [1.807, 2.05) is 52.0 Å². The van der Waals surface area contributed by atoms with E-state index in [1.165, 1.54) is 0 Å². The molecule has 0 amide bonds. The van der Waals surface area contributed by atoms with Crippen LogP contribution in [-0.2, 0) is 5.41 Å². The predicted molar refractivity (Wildman–Crippen MR) is 89.7 cm³/mol. The Hall–Kier alpha value is -0.880. The maximum absolute atomic E-state index is 6.19. The molecule has 2 aromatic rings. The summed E-state index contributed by atoms with van der Waals surface area (Å²) in [7, 11) is 0. The predicted octanol–water partition coefficient (Wildman–Crippen LogP) is 5.13. The van der Waals surface area contributed by atoms with Crippen LogP contribution in [-0.4, -0.2) is 9.97 Å². The topological polar surface area (TPSA) is 35.0 Å². The SMILES string of the molecule is Cc1c(Cl)nc(C(C)(C)C)nc1Oc1cccc(I)c1. The molecule has 5 heteroatoms. The van der Waals surface area contributed by atoms with Crippen molar-refractivity contribution in [1.29, 1.82) is 0 Å². The number of aromatic nitrogens is 2. The summed E-state index contributed by atoms with van der Waals surface area (Å²) in [5.41, 5.74) is 0.569. The lowest BCUT2D eigenvalue weighted by atomic mass is 9.96. The van der Waals surface area contributed by atoms with Crippen LogP contribution in [0, 0.1) is 10.5 Å². The molecular weight excluding hydrogens is 387 g/mol. The average Bonchev–Trinajstić information content (AvgIpc) is 2.33. The number of halogens is 2. The lowest BCUT2D eigenvalue weighted by molar-refractivity contribution is 0.441. The molecule has 0 fully saturated rings. The third-order valence-electron chi connectivity index (χ3n) is 2.72. The molecule has 0 saturated carbocycles. The maximum atomic E-state index is 6.19. The first-order chi connectivity index (χ1) is 9.27. The summed E-state index contributed by atoms with van der Waals surface area (Å²) < 4.78 is 6.97. The van der Waals surface area contributed by atoms with Gasteiger partial charge in [-0.15, -0.1) is 0 Å². The van der Waals surface area contributed by atoms with Crippen LogP contribution in [0.1, 0.15) is 32.2 Å². The van der Waals surface area contributed by atoms with Crippen molar-refractivity contribution in [1.82, 2.24) is 9.97 Å². The van der Waals surface area contributed by atoms with Crippen LogP contribution < -0.4 is 4.74 Å². The zero-order valence-corrected chi connectivity index (χ0v) is 14.8. The second-order valence-electron chi connectivity index (χ2n) is 5.58. The second-order valence-corrected chi connectivity index (χ2v) is 7.18. The molecule has 0 unspecified atom stereocenters. The van der Waals surface area contributed by atoms with Gasteiger partial charge in [-0.25, -0.2) is 4.98 Å². The molecule has 106 valence electrons. The van der Waals surface area contributed by atoms with Gasteiger partial charge in [0.15, 0.2) is 0 Å². The average molecular weight is 403 g/mol. The zero-order chi connectivity index (χ0) is 14.9. The molecule has 0 aliphatic carbocycles. The van der Waals surface area contributed by atoms with E-state index in [1.54, 1.807) is 0 Å². The van der Waals surface area contributed by atoms with E-state index >= 15 is 0 Å². The molecular formula is C15H16ClIN2O. The molecule has 2 rings (SSSR count). The van der Waals surface area contributed by atoms with Gasteiger partial charge in [0.2, 0.25) is 5.88 Å². The highest BCUT2D eigenvalue weighted by atomic mass is 127. The van der Waals surface area contributed by atoms with Gasteiger partial charge in [-0.3, -0.25) is 0 Å². The van der Waals surface area contributed by atoms with Crippen molar-refractivity contribution < 1.29 is 4.74 Å². The van der Waals surface area contributed by atoms with Crippen LogP contribution in [0.3, 0.4) is 0 Å². The number of benzene rings is 1. The smallest absolute Gasteiger partial charge is 0.227 e. The molecule has 20 heavy (non-hydrogen) atoms. The van der Waals surface area contributed by atoms with E-state index in [0.717, 1.165) is 14.9 Å². The molecule has 0 aliphatic heterocycles. The Kier molecular flexibility index (Phi) is 4.54. The molecule has 1 aromatic heterocycles. The highest BCUT2D eigenvalue weighted by molar-refractivity contribution is 14.1. The fourth-order valence-corrected chi connectivity index (χ4v) is 2.22. The van der Waals surface area contributed by atoms with Crippen molar-refractivity contribution in [3.8, 4) is 11.6 Å². The van der Waals surface area contributed by atoms with Gasteiger partial charge in [0.1, 0.15) is 16.7 Å². The van der Waals surface area contributed by atoms with E-state index in [2.05, 4.69) is 32.6 Å². The van der Waals surface area contributed by atoms with E-state index in [4.69, 9.17) is 16.3 Å². The van der Waals surface area contributed by atoms with Gasteiger partial charge >= 0.3 is 0 Å². The van der Waals surface area contributed by atoms with Gasteiger partial charge in [-0.2, -0.15) is 4.98 Å². The minimum atomic E-state index is -0.180. The Morgan fingerprint density at radius 2 is 1.90 bits per heavy atom. The van der Waals surface area contributed by atoms with Crippen LogP contribution in [0.15, 0.2) is 24.3 Å². The zero-order valence-electron chi connectivity index (χ0n) is 11.9. The molecule has 0 bridgehead atoms. The van der Waals surface area contributed by atoms with Crippen LogP contribution in [0.2, 0.25) is 5.15 Å². The largest absolute Gasteiger partial charge is 0.439 e. The summed E-state index contributed by atoms with van der Waals surface area (Å²) in [6, 6.07) is 7.80. The molecule has 0 N–H and O–H groups in total. The number of ether oxygens (including phenoxy) is 1. The summed E-state index contributed by atoms with van der Waals surface area (Å²) in [4.78, 5) is 8.85. The Morgan fingerprint density at radius 1 is 1.20 bits per heavy atom. The second kappa shape index (κ2) is 5.85. The number of hydrogen-bond acceptors (Lipinski definition) is 3.